The van der Waals surface area contributed by atoms with Gasteiger partial charge in [-0.05, 0) is 78.8 Å². The first-order valence-corrected chi connectivity index (χ1v) is 13.3. The Balaban J connectivity index is 1.95. The predicted molar refractivity (Wildman–Crippen MR) is 155 cm³/mol. The Bertz CT molecular complexity index is 1420. The largest absolute Gasteiger partial charge is 0.507 e. The van der Waals surface area contributed by atoms with E-state index in [1.54, 1.807) is 7.11 Å². The number of carbonyl (C=O) groups is 2. The highest BCUT2D eigenvalue weighted by Crippen LogP contribution is 2.44. The van der Waals surface area contributed by atoms with Crippen LogP contribution in [-0.2, 0) is 9.59 Å². The van der Waals surface area contributed by atoms with Crippen LogP contribution >= 0.6 is 0 Å². The SMILES string of the molecule is COc1cc(C)c(/C(O)=C2\C(=O)C(=O)N(c3ccc(C)cc3)C2c2cccc(OCC(C)C)c2)cc1C(C)C. The van der Waals surface area contributed by atoms with E-state index in [0.717, 1.165) is 16.7 Å². The minimum atomic E-state index is -0.834. The molecule has 0 aliphatic carbocycles. The number of carbonyl (C=O) groups excluding carboxylic acids is 2. The van der Waals surface area contributed by atoms with Gasteiger partial charge in [0, 0.05) is 11.3 Å². The topological polar surface area (TPSA) is 76.1 Å². The second-order valence-electron chi connectivity index (χ2n) is 10.8. The molecule has 0 saturated carbocycles. The molecule has 1 amide bonds. The number of aliphatic hydroxyl groups excluding tert-OH is 1. The number of benzene rings is 3. The number of ether oxygens (including phenoxy) is 2. The monoisotopic (exact) mass is 527 g/mol. The zero-order valence-corrected chi connectivity index (χ0v) is 23.7. The number of aryl methyl sites for hydroxylation is 2. The maximum absolute atomic E-state index is 13.6. The number of rotatable bonds is 8. The number of nitrogens with zero attached hydrogens (tertiary/aromatic N) is 1. The van der Waals surface area contributed by atoms with Crippen molar-refractivity contribution in [1.29, 1.82) is 0 Å². The number of methoxy groups -OCH3 is 1. The van der Waals surface area contributed by atoms with Crippen molar-refractivity contribution in [2.75, 3.05) is 18.6 Å². The molecule has 1 aliphatic heterocycles. The van der Waals surface area contributed by atoms with Crippen molar-refractivity contribution in [3.63, 3.8) is 0 Å². The maximum atomic E-state index is 13.6. The summed E-state index contributed by atoms with van der Waals surface area (Å²) >= 11 is 0. The lowest BCUT2D eigenvalue weighted by Gasteiger charge is -2.26. The van der Waals surface area contributed by atoms with Crippen molar-refractivity contribution in [2.24, 2.45) is 5.92 Å². The van der Waals surface area contributed by atoms with E-state index in [2.05, 4.69) is 13.8 Å². The smallest absolute Gasteiger partial charge is 0.300 e. The predicted octanol–water partition coefficient (Wildman–Crippen LogP) is 7.10. The Morgan fingerprint density at radius 1 is 0.974 bits per heavy atom. The first-order valence-electron chi connectivity index (χ1n) is 13.3. The molecule has 4 rings (SSSR count). The summed E-state index contributed by atoms with van der Waals surface area (Å²) in [6.45, 7) is 12.6. The van der Waals surface area contributed by atoms with Gasteiger partial charge in [-0.2, -0.15) is 0 Å². The van der Waals surface area contributed by atoms with E-state index in [-0.39, 0.29) is 17.3 Å². The molecule has 0 bridgehead atoms. The van der Waals surface area contributed by atoms with Crippen LogP contribution in [0.5, 0.6) is 11.5 Å². The molecule has 6 nitrogen and oxygen atoms in total. The van der Waals surface area contributed by atoms with E-state index in [4.69, 9.17) is 9.47 Å². The van der Waals surface area contributed by atoms with Crippen LogP contribution in [0, 0.1) is 19.8 Å². The Morgan fingerprint density at radius 3 is 2.28 bits per heavy atom. The van der Waals surface area contributed by atoms with Crippen LogP contribution in [0.2, 0.25) is 0 Å². The summed E-state index contributed by atoms with van der Waals surface area (Å²) in [6, 6.07) is 17.7. The molecule has 0 aromatic heterocycles. The van der Waals surface area contributed by atoms with Crippen LogP contribution in [-0.4, -0.2) is 30.5 Å². The van der Waals surface area contributed by atoms with Gasteiger partial charge in [-0.3, -0.25) is 14.5 Å². The van der Waals surface area contributed by atoms with Crippen LogP contribution < -0.4 is 14.4 Å². The van der Waals surface area contributed by atoms with Gasteiger partial charge in [-0.1, -0.05) is 57.5 Å². The highest BCUT2D eigenvalue weighted by Gasteiger charge is 2.47. The Kier molecular flexibility index (Phi) is 8.14. The van der Waals surface area contributed by atoms with Crippen molar-refractivity contribution in [2.45, 2.75) is 53.5 Å². The first kappa shape index (κ1) is 28.0. The summed E-state index contributed by atoms with van der Waals surface area (Å²) in [5.74, 6) is 0.183. The fourth-order valence-electron chi connectivity index (χ4n) is 4.88. The third-order valence-corrected chi connectivity index (χ3v) is 6.97. The van der Waals surface area contributed by atoms with Gasteiger partial charge in [0.1, 0.15) is 17.3 Å². The van der Waals surface area contributed by atoms with Crippen molar-refractivity contribution < 1.29 is 24.2 Å². The molecule has 1 N–H and O–H groups in total. The average Bonchev–Trinajstić information content (AvgIpc) is 3.17. The van der Waals surface area contributed by atoms with Gasteiger partial charge in [0.05, 0.1) is 25.3 Å². The minimum Gasteiger partial charge on any atom is -0.507 e. The number of anilines is 1. The zero-order valence-electron chi connectivity index (χ0n) is 23.7. The van der Waals surface area contributed by atoms with E-state index in [0.29, 0.717) is 40.8 Å². The normalized spacial score (nSPS) is 16.8. The molecule has 1 unspecified atom stereocenters. The highest BCUT2D eigenvalue weighted by atomic mass is 16.5. The number of hydrogen-bond donors (Lipinski definition) is 1. The molecule has 1 atom stereocenters. The average molecular weight is 528 g/mol. The van der Waals surface area contributed by atoms with Crippen LogP contribution in [0.15, 0.2) is 66.2 Å². The third-order valence-electron chi connectivity index (χ3n) is 6.97. The standard InChI is InChI=1S/C33H37NO5/c1-19(2)18-39-25-10-8-9-23(16-25)30-29(32(36)33(37)34(30)24-13-11-21(5)12-14-24)31(35)27-17-26(20(3)4)28(38-7)15-22(27)6/h8-17,19-20,30,35H,18H2,1-7H3/b31-29+. The Morgan fingerprint density at radius 2 is 1.67 bits per heavy atom. The number of amides is 1. The fourth-order valence-corrected chi connectivity index (χ4v) is 4.88. The first-order chi connectivity index (χ1) is 18.5. The molecule has 0 radical (unpaired) electrons. The lowest BCUT2D eigenvalue weighted by Crippen LogP contribution is -2.29. The van der Waals surface area contributed by atoms with E-state index >= 15 is 0 Å². The third kappa shape index (κ3) is 5.56. The molecule has 3 aromatic rings. The van der Waals surface area contributed by atoms with E-state index in [1.807, 2.05) is 88.4 Å². The Hall–Kier alpha value is -4.06. The molecular formula is C33H37NO5. The quantitative estimate of drug-likeness (QED) is 0.192. The summed E-state index contributed by atoms with van der Waals surface area (Å²) in [5.41, 5.74) is 4.47. The van der Waals surface area contributed by atoms with Gasteiger partial charge in [0.2, 0.25) is 0 Å². The molecule has 1 aliphatic rings. The van der Waals surface area contributed by atoms with Crippen LogP contribution in [0.4, 0.5) is 5.69 Å². The van der Waals surface area contributed by atoms with Gasteiger partial charge in [0.25, 0.3) is 11.7 Å². The van der Waals surface area contributed by atoms with Crippen molar-refractivity contribution >= 4 is 23.1 Å². The summed E-state index contributed by atoms with van der Waals surface area (Å²) in [4.78, 5) is 28.7. The van der Waals surface area contributed by atoms with Crippen LogP contribution in [0.25, 0.3) is 5.76 Å². The lowest BCUT2D eigenvalue weighted by molar-refractivity contribution is -0.132. The molecule has 204 valence electrons. The molecule has 3 aromatic carbocycles. The van der Waals surface area contributed by atoms with Gasteiger partial charge < -0.3 is 14.6 Å². The second kappa shape index (κ2) is 11.4. The Labute approximate surface area is 230 Å². The molecule has 0 spiro atoms. The van der Waals surface area contributed by atoms with E-state index in [1.165, 1.54) is 4.90 Å². The molecule has 1 fully saturated rings. The minimum absolute atomic E-state index is 0.0459. The zero-order chi connectivity index (χ0) is 28.4. The molecule has 1 heterocycles. The number of aliphatic hydroxyl groups is 1. The van der Waals surface area contributed by atoms with Crippen molar-refractivity contribution in [3.8, 4) is 11.5 Å². The van der Waals surface area contributed by atoms with E-state index < -0.39 is 17.7 Å². The summed E-state index contributed by atoms with van der Waals surface area (Å²) < 4.78 is 11.5. The molecule has 1 saturated heterocycles. The molecule has 39 heavy (non-hydrogen) atoms. The molecule has 6 heteroatoms. The number of hydrogen-bond acceptors (Lipinski definition) is 5. The molecular weight excluding hydrogens is 490 g/mol. The van der Waals surface area contributed by atoms with Gasteiger partial charge >= 0.3 is 0 Å². The maximum Gasteiger partial charge on any atom is 0.300 e. The number of Topliss-reactive ketones (excluding diaryl/α,β-unsaturated/α-hetero) is 1. The summed E-state index contributed by atoms with van der Waals surface area (Å²) in [6.07, 6.45) is 0. The van der Waals surface area contributed by atoms with Crippen LogP contribution in [0.3, 0.4) is 0 Å². The van der Waals surface area contributed by atoms with Crippen LogP contribution in [0.1, 0.15) is 67.5 Å². The summed E-state index contributed by atoms with van der Waals surface area (Å²) in [7, 11) is 1.61. The lowest BCUT2D eigenvalue weighted by atomic mass is 9.91. The highest BCUT2D eigenvalue weighted by molar-refractivity contribution is 6.51. The van der Waals surface area contributed by atoms with Crippen molar-refractivity contribution in [3.05, 3.63) is 94.1 Å². The van der Waals surface area contributed by atoms with Crippen molar-refractivity contribution in [1.82, 2.24) is 0 Å². The van der Waals surface area contributed by atoms with E-state index in [9.17, 15) is 14.7 Å². The second-order valence-corrected chi connectivity index (χ2v) is 10.8. The fraction of sp³-hybridized carbons (Fsp3) is 0.333. The number of ketones is 1. The van der Waals surface area contributed by atoms with Gasteiger partial charge in [0.15, 0.2) is 0 Å². The van der Waals surface area contributed by atoms with Gasteiger partial charge in [-0.15, -0.1) is 0 Å². The van der Waals surface area contributed by atoms with Gasteiger partial charge in [-0.25, -0.2) is 0 Å². The summed E-state index contributed by atoms with van der Waals surface area (Å²) in [5, 5.41) is 11.8.